The van der Waals surface area contributed by atoms with Crippen LogP contribution in [0.1, 0.15) is 29.2 Å². The van der Waals surface area contributed by atoms with Crippen molar-refractivity contribution in [2.45, 2.75) is 18.9 Å². The van der Waals surface area contributed by atoms with Crippen molar-refractivity contribution in [2.75, 3.05) is 5.32 Å². The third-order valence-corrected chi connectivity index (χ3v) is 5.05. The van der Waals surface area contributed by atoms with Crippen LogP contribution in [-0.4, -0.2) is 19.5 Å². The Labute approximate surface area is 160 Å². The second-order valence-electron chi connectivity index (χ2n) is 6.77. The van der Waals surface area contributed by atoms with Crippen LogP contribution in [0.2, 0.25) is 0 Å². The summed E-state index contributed by atoms with van der Waals surface area (Å²) < 4.78 is 15.2. The summed E-state index contributed by atoms with van der Waals surface area (Å²) in [4.78, 5) is 13.3. The lowest BCUT2D eigenvalue weighted by molar-refractivity contribution is 0.626. The topological polar surface area (TPSA) is 79.4 Å². The van der Waals surface area contributed by atoms with Crippen molar-refractivity contribution in [3.8, 4) is 11.9 Å². The molecule has 28 heavy (non-hydrogen) atoms. The van der Waals surface area contributed by atoms with Crippen LogP contribution in [0.4, 0.5) is 10.2 Å². The molecule has 0 bridgehead atoms. The first-order chi connectivity index (χ1) is 13.7. The second-order valence-corrected chi connectivity index (χ2v) is 6.77. The van der Waals surface area contributed by atoms with E-state index in [1.165, 1.54) is 6.07 Å². The van der Waals surface area contributed by atoms with Crippen molar-refractivity contribution in [2.24, 2.45) is 0 Å². The van der Waals surface area contributed by atoms with E-state index in [0.29, 0.717) is 17.2 Å². The van der Waals surface area contributed by atoms with Gasteiger partial charge in [-0.05, 0) is 54.3 Å². The first kappa shape index (κ1) is 16.4. The van der Waals surface area contributed by atoms with E-state index in [2.05, 4.69) is 26.3 Å². The molecule has 1 atom stereocenters. The van der Waals surface area contributed by atoms with Gasteiger partial charge in [-0.25, -0.2) is 14.4 Å². The lowest BCUT2D eigenvalue weighted by atomic mass is 10.1. The van der Waals surface area contributed by atoms with E-state index >= 15 is 0 Å². The van der Waals surface area contributed by atoms with Crippen molar-refractivity contribution >= 4 is 16.9 Å². The molecule has 4 aromatic rings. The van der Waals surface area contributed by atoms with E-state index in [9.17, 15) is 4.39 Å². The number of nitrogens with zero attached hydrogens (tertiary/aromatic N) is 5. The van der Waals surface area contributed by atoms with Gasteiger partial charge in [0, 0.05) is 0 Å². The zero-order chi connectivity index (χ0) is 19.1. The predicted octanol–water partition coefficient (Wildman–Crippen LogP) is 3.93. The number of benzene rings is 2. The molecule has 0 aliphatic heterocycles. The van der Waals surface area contributed by atoms with Crippen molar-refractivity contribution in [3.63, 3.8) is 0 Å². The molecule has 1 aliphatic rings. The highest BCUT2D eigenvalue weighted by molar-refractivity contribution is 5.78. The molecule has 1 N–H and O–H groups in total. The van der Waals surface area contributed by atoms with Crippen LogP contribution in [0.3, 0.4) is 0 Å². The van der Waals surface area contributed by atoms with E-state index in [1.807, 2.05) is 16.7 Å². The van der Waals surface area contributed by atoms with Crippen LogP contribution in [-0.2, 0) is 6.42 Å². The minimum absolute atomic E-state index is 0.0740. The number of imidazole rings is 1. The number of hydrogen-bond donors (Lipinski definition) is 1. The summed E-state index contributed by atoms with van der Waals surface area (Å²) in [7, 11) is 0. The van der Waals surface area contributed by atoms with Crippen LogP contribution >= 0.6 is 0 Å². The number of anilines is 1. The maximum absolute atomic E-state index is 13.4. The molecular weight excluding hydrogens is 355 g/mol. The number of aryl methyl sites for hydroxylation is 1. The highest BCUT2D eigenvalue weighted by atomic mass is 19.1. The summed E-state index contributed by atoms with van der Waals surface area (Å²) in [6, 6.07) is 12.5. The van der Waals surface area contributed by atoms with Gasteiger partial charge in [0.15, 0.2) is 5.82 Å². The molecule has 0 fully saturated rings. The van der Waals surface area contributed by atoms with Crippen molar-refractivity contribution in [1.29, 1.82) is 5.26 Å². The quantitative estimate of drug-likeness (QED) is 0.591. The van der Waals surface area contributed by atoms with Crippen LogP contribution < -0.4 is 5.32 Å². The normalized spacial score (nSPS) is 15.4. The molecule has 1 unspecified atom stereocenters. The average Bonchev–Trinajstić information content (AvgIpc) is 3.31. The summed E-state index contributed by atoms with van der Waals surface area (Å²) in [5.74, 6) is 1.04. The summed E-state index contributed by atoms with van der Waals surface area (Å²) in [6.45, 7) is 0. The van der Waals surface area contributed by atoms with Crippen molar-refractivity contribution in [1.82, 2.24) is 19.5 Å². The molecule has 2 aromatic heterocycles. The number of fused-ring (bicyclic) bond motifs is 2. The average molecular weight is 370 g/mol. The molecular formula is C21H15FN6. The van der Waals surface area contributed by atoms with Crippen LogP contribution in [0, 0.1) is 17.1 Å². The fourth-order valence-corrected chi connectivity index (χ4v) is 3.72. The van der Waals surface area contributed by atoms with Gasteiger partial charge < -0.3 is 5.32 Å². The lowest BCUT2D eigenvalue weighted by Crippen LogP contribution is -2.10. The van der Waals surface area contributed by atoms with Crippen molar-refractivity contribution < 1.29 is 4.39 Å². The Bertz CT molecular complexity index is 1240. The highest BCUT2D eigenvalue weighted by Gasteiger charge is 2.23. The molecule has 136 valence electrons. The SMILES string of the molecule is N#Cc1ccc2ncn(-c3cncc(NC4CCc5cc(F)ccc54)n3)c2c1. The van der Waals surface area contributed by atoms with Gasteiger partial charge in [-0.3, -0.25) is 9.55 Å². The summed E-state index contributed by atoms with van der Waals surface area (Å²) in [5.41, 5.74) is 4.27. The minimum Gasteiger partial charge on any atom is -0.362 e. The van der Waals surface area contributed by atoms with Crippen LogP contribution in [0.5, 0.6) is 0 Å². The second kappa shape index (κ2) is 6.43. The standard InChI is InChI=1S/C21H15FN6/c22-15-3-4-16-14(8-15)2-6-17(16)26-20-10-24-11-21(27-20)28-12-25-18-5-1-13(9-23)7-19(18)28/h1,3-5,7-8,10-12,17H,2,6H2,(H,26,27). The maximum atomic E-state index is 13.4. The van der Waals surface area contributed by atoms with Gasteiger partial charge in [0.2, 0.25) is 0 Å². The molecule has 1 aliphatic carbocycles. The molecule has 7 heteroatoms. The van der Waals surface area contributed by atoms with Crippen molar-refractivity contribution in [3.05, 3.63) is 77.6 Å². The summed E-state index contributed by atoms with van der Waals surface area (Å²) in [5, 5.41) is 12.6. The Balaban J connectivity index is 1.48. The predicted molar refractivity (Wildman–Crippen MR) is 102 cm³/mol. The Kier molecular flexibility index (Phi) is 3.76. The molecule has 2 aromatic carbocycles. The first-order valence-corrected chi connectivity index (χ1v) is 8.96. The van der Waals surface area contributed by atoms with Gasteiger partial charge in [0.05, 0.1) is 41.1 Å². The Morgan fingerprint density at radius 1 is 1.18 bits per heavy atom. The van der Waals surface area contributed by atoms with E-state index in [0.717, 1.165) is 35.0 Å². The molecule has 0 saturated carbocycles. The maximum Gasteiger partial charge on any atom is 0.159 e. The molecule has 0 radical (unpaired) electrons. The molecule has 2 heterocycles. The third kappa shape index (κ3) is 2.76. The summed E-state index contributed by atoms with van der Waals surface area (Å²) >= 11 is 0. The van der Waals surface area contributed by atoms with Crippen LogP contribution in [0.25, 0.3) is 16.9 Å². The number of nitriles is 1. The molecule has 0 spiro atoms. The first-order valence-electron chi connectivity index (χ1n) is 8.96. The fourth-order valence-electron chi connectivity index (χ4n) is 3.72. The fraction of sp³-hybridized carbons (Fsp3) is 0.143. The number of rotatable bonds is 3. The smallest absolute Gasteiger partial charge is 0.159 e. The van der Waals surface area contributed by atoms with Gasteiger partial charge in [-0.2, -0.15) is 5.26 Å². The monoisotopic (exact) mass is 370 g/mol. The van der Waals surface area contributed by atoms with Gasteiger partial charge in [0.25, 0.3) is 0 Å². The number of halogens is 1. The Morgan fingerprint density at radius 2 is 2.11 bits per heavy atom. The van der Waals surface area contributed by atoms with Gasteiger partial charge >= 0.3 is 0 Å². The number of nitrogens with one attached hydrogen (secondary N) is 1. The van der Waals surface area contributed by atoms with Crippen LogP contribution in [0.15, 0.2) is 55.1 Å². The third-order valence-electron chi connectivity index (χ3n) is 5.05. The van der Waals surface area contributed by atoms with E-state index in [4.69, 9.17) is 5.26 Å². The lowest BCUT2D eigenvalue weighted by Gasteiger charge is -2.15. The summed E-state index contributed by atoms with van der Waals surface area (Å²) in [6.07, 6.45) is 6.71. The van der Waals surface area contributed by atoms with Gasteiger partial charge in [0.1, 0.15) is 18.0 Å². The molecule has 5 rings (SSSR count). The zero-order valence-electron chi connectivity index (χ0n) is 14.8. The molecule has 0 saturated heterocycles. The zero-order valence-corrected chi connectivity index (χ0v) is 14.8. The Morgan fingerprint density at radius 3 is 3.00 bits per heavy atom. The Hall–Kier alpha value is -3.79. The number of aromatic nitrogens is 4. The highest BCUT2D eigenvalue weighted by Crippen LogP contribution is 2.33. The number of hydrogen-bond acceptors (Lipinski definition) is 5. The van der Waals surface area contributed by atoms with E-state index < -0.39 is 0 Å². The molecule has 0 amide bonds. The van der Waals surface area contributed by atoms with Gasteiger partial charge in [-0.15, -0.1) is 0 Å². The minimum atomic E-state index is -0.204. The van der Waals surface area contributed by atoms with Gasteiger partial charge in [-0.1, -0.05) is 6.07 Å². The van der Waals surface area contributed by atoms with E-state index in [1.54, 1.807) is 36.9 Å². The molecule has 6 nitrogen and oxygen atoms in total. The van der Waals surface area contributed by atoms with E-state index in [-0.39, 0.29) is 11.9 Å². The largest absolute Gasteiger partial charge is 0.362 e.